The van der Waals surface area contributed by atoms with Crippen LogP contribution in [0, 0.1) is 0 Å². The molecule has 110 valence electrons. The van der Waals surface area contributed by atoms with Crippen molar-refractivity contribution in [3.05, 3.63) is 33.7 Å². The summed E-state index contributed by atoms with van der Waals surface area (Å²) < 4.78 is 5.35. The Labute approximate surface area is 131 Å². The third-order valence-electron chi connectivity index (χ3n) is 2.46. The molecule has 0 atom stereocenters. The van der Waals surface area contributed by atoms with E-state index >= 15 is 0 Å². The molecule has 2 rings (SSSR count). The zero-order chi connectivity index (χ0) is 15.4. The first-order valence-corrected chi connectivity index (χ1v) is 7.41. The third-order valence-corrected chi connectivity index (χ3v) is 3.65. The van der Waals surface area contributed by atoms with E-state index in [0.29, 0.717) is 22.3 Å². The Balaban J connectivity index is 2.16. The molecular weight excluding hydrogens is 312 g/mol. The van der Waals surface area contributed by atoms with Gasteiger partial charge in [0.25, 0.3) is 5.91 Å². The number of halogens is 1. The second kappa shape index (κ2) is 6.78. The van der Waals surface area contributed by atoms with Gasteiger partial charge in [0.05, 0.1) is 16.5 Å². The van der Waals surface area contributed by atoms with Crippen molar-refractivity contribution >= 4 is 46.4 Å². The highest BCUT2D eigenvalue weighted by Crippen LogP contribution is 2.30. The molecule has 0 saturated heterocycles. The van der Waals surface area contributed by atoms with Crippen LogP contribution < -0.4 is 10.1 Å². The molecule has 0 bridgehead atoms. The molecular formula is C14H13ClN2O3S. The summed E-state index contributed by atoms with van der Waals surface area (Å²) in [5.41, 5.74) is 0.763. The number of nitrogens with one attached hydrogen (secondary N) is 1. The van der Waals surface area contributed by atoms with Crippen molar-refractivity contribution in [2.75, 3.05) is 6.61 Å². The smallest absolute Gasteiger partial charge is 0.286 e. The molecule has 0 spiro atoms. The lowest BCUT2D eigenvalue weighted by Crippen LogP contribution is -2.23. The molecule has 1 heterocycles. The maximum Gasteiger partial charge on any atom is 0.286 e. The van der Waals surface area contributed by atoms with Crippen LogP contribution in [0.3, 0.4) is 0 Å². The largest absolute Gasteiger partial charge is 0.492 e. The standard InChI is InChI=1S/C14H13ClN2O3S/c1-3-20-11-5-4-9(6-10(11)15)7-12-13(19)17-14(21-12)16-8(2)18/h4-7H,3H2,1-2H3,(H,16,17,18,19). The normalized spacial score (nSPS) is 16.0. The molecule has 0 aliphatic carbocycles. The molecule has 5 nitrogen and oxygen atoms in total. The van der Waals surface area contributed by atoms with E-state index < -0.39 is 0 Å². The number of benzene rings is 1. The van der Waals surface area contributed by atoms with Gasteiger partial charge in [-0.3, -0.25) is 9.59 Å². The van der Waals surface area contributed by atoms with Crippen LogP contribution in [0.15, 0.2) is 28.1 Å². The number of amidine groups is 1. The van der Waals surface area contributed by atoms with E-state index in [1.165, 1.54) is 6.92 Å². The Morgan fingerprint density at radius 1 is 1.52 bits per heavy atom. The van der Waals surface area contributed by atoms with Gasteiger partial charge in [0.2, 0.25) is 5.91 Å². The van der Waals surface area contributed by atoms with E-state index in [4.69, 9.17) is 16.3 Å². The van der Waals surface area contributed by atoms with Crippen LogP contribution in [0.25, 0.3) is 6.08 Å². The predicted octanol–water partition coefficient (Wildman–Crippen LogP) is 2.85. The minimum absolute atomic E-state index is 0.264. The van der Waals surface area contributed by atoms with Crippen LogP contribution in [0.5, 0.6) is 5.75 Å². The van der Waals surface area contributed by atoms with Crippen LogP contribution >= 0.6 is 23.4 Å². The van der Waals surface area contributed by atoms with Gasteiger partial charge >= 0.3 is 0 Å². The summed E-state index contributed by atoms with van der Waals surface area (Å²) in [5, 5.41) is 3.26. The van der Waals surface area contributed by atoms with Gasteiger partial charge in [0, 0.05) is 6.92 Å². The van der Waals surface area contributed by atoms with Gasteiger partial charge in [-0.05, 0) is 42.5 Å². The Morgan fingerprint density at radius 2 is 2.29 bits per heavy atom. The molecule has 1 aromatic carbocycles. The topological polar surface area (TPSA) is 67.8 Å². The number of hydrogen-bond acceptors (Lipinski definition) is 4. The average Bonchev–Trinajstić information content (AvgIpc) is 2.72. The maximum absolute atomic E-state index is 11.7. The summed E-state index contributed by atoms with van der Waals surface area (Å²) in [6, 6.07) is 5.26. The number of carbonyl (C=O) groups is 2. The lowest BCUT2D eigenvalue weighted by molar-refractivity contribution is -0.117. The Morgan fingerprint density at radius 3 is 2.90 bits per heavy atom. The van der Waals surface area contributed by atoms with E-state index in [9.17, 15) is 9.59 Å². The number of amides is 2. The maximum atomic E-state index is 11.7. The fourth-order valence-electron chi connectivity index (χ4n) is 1.64. The quantitative estimate of drug-likeness (QED) is 0.868. The second-order valence-electron chi connectivity index (χ2n) is 4.14. The molecule has 1 aliphatic rings. The van der Waals surface area contributed by atoms with E-state index in [-0.39, 0.29) is 17.0 Å². The van der Waals surface area contributed by atoms with Crippen molar-refractivity contribution in [2.45, 2.75) is 13.8 Å². The van der Waals surface area contributed by atoms with Crippen molar-refractivity contribution < 1.29 is 14.3 Å². The summed E-state index contributed by atoms with van der Waals surface area (Å²) >= 11 is 7.21. The summed E-state index contributed by atoms with van der Waals surface area (Å²) in [4.78, 5) is 26.9. The minimum Gasteiger partial charge on any atom is -0.492 e. The summed E-state index contributed by atoms with van der Waals surface area (Å²) in [5.74, 6) is -0.0462. The van der Waals surface area contributed by atoms with Crippen LogP contribution in [0.2, 0.25) is 5.02 Å². The van der Waals surface area contributed by atoms with E-state index in [1.54, 1.807) is 24.3 Å². The molecule has 21 heavy (non-hydrogen) atoms. The van der Waals surface area contributed by atoms with Crippen molar-refractivity contribution in [3.63, 3.8) is 0 Å². The number of hydrogen-bond donors (Lipinski definition) is 1. The highest BCUT2D eigenvalue weighted by molar-refractivity contribution is 8.18. The first-order valence-electron chi connectivity index (χ1n) is 6.22. The number of rotatable bonds is 3. The minimum atomic E-state index is -0.381. The first kappa shape index (κ1) is 15.6. The van der Waals surface area contributed by atoms with Gasteiger partial charge in [-0.2, -0.15) is 4.99 Å². The molecule has 0 aromatic heterocycles. The van der Waals surface area contributed by atoms with Crippen molar-refractivity contribution in [1.29, 1.82) is 0 Å². The number of thioether (sulfide) groups is 1. The zero-order valence-corrected chi connectivity index (χ0v) is 13.0. The van der Waals surface area contributed by atoms with Crippen molar-refractivity contribution in [2.24, 2.45) is 4.99 Å². The fraction of sp³-hybridized carbons (Fsp3) is 0.214. The Hall–Kier alpha value is -1.79. The van der Waals surface area contributed by atoms with E-state index in [2.05, 4.69) is 10.3 Å². The SMILES string of the molecule is CCOc1ccc(C=C2SC(NC(C)=O)=NC2=O)cc1Cl. The summed E-state index contributed by atoms with van der Waals surface area (Å²) in [6.07, 6.45) is 1.67. The molecule has 7 heteroatoms. The molecule has 1 N–H and O–H groups in total. The summed E-state index contributed by atoms with van der Waals surface area (Å²) in [6.45, 7) is 3.77. The lowest BCUT2D eigenvalue weighted by atomic mass is 10.2. The van der Waals surface area contributed by atoms with Crippen LogP contribution in [0.4, 0.5) is 0 Å². The highest BCUT2D eigenvalue weighted by Gasteiger charge is 2.22. The second-order valence-corrected chi connectivity index (χ2v) is 5.57. The lowest BCUT2D eigenvalue weighted by Gasteiger charge is -2.06. The molecule has 1 aromatic rings. The molecule has 0 unspecified atom stereocenters. The van der Waals surface area contributed by atoms with Crippen LogP contribution in [-0.2, 0) is 9.59 Å². The van der Waals surface area contributed by atoms with Crippen molar-refractivity contribution in [1.82, 2.24) is 5.32 Å². The fourth-order valence-corrected chi connectivity index (χ4v) is 2.75. The summed E-state index contributed by atoms with van der Waals surface area (Å²) in [7, 11) is 0. The Bertz CT molecular complexity index is 656. The van der Waals surface area contributed by atoms with Gasteiger partial charge < -0.3 is 10.1 Å². The number of aliphatic imine (C=N–C) groups is 1. The molecule has 2 amide bonds. The van der Waals surface area contributed by atoms with Gasteiger partial charge in [-0.1, -0.05) is 17.7 Å². The van der Waals surface area contributed by atoms with Crippen LogP contribution in [-0.4, -0.2) is 23.6 Å². The zero-order valence-electron chi connectivity index (χ0n) is 11.5. The van der Waals surface area contributed by atoms with Crippen LogP contribution in [0.1, 0.15) is 19.4 Å². The highest BCUT2D eigenvalue weighted by atomic mass is 35.5. The van der Waals surface area contributed by atoms with Gasteiger partial charge in [0.1, 0.15) is 5.75 Å². The molecule has 1 aliphatic heterocycles. The number of nitrogens with zero attached hydrogens (tertiary/aromatic N) is 1. The molecule has 0 saturated carbocycles. The van der Waals surface area contributed by atoms with E-state index in [1.807, 2.05) is 6.92 Å². The average molecular weight is 325 g/mol. The van der Waals surface area contributed by atoms with Gasteiger partial charge in [0.15, 0.2) is 5.17 Å². The molecule has 0 fully saturated rings. The van der Waals surface area contributed by atoms with Gasteiger partial charge in [-0.15, -0.1) is 0 Å². The number of carbonyl (C=O) groups excluding carboxylic acids is 2. The number of ether oxygens (including phenoxy) is 1. The van der Waals surface area contributed by atoms with E-state index in [0.717, 1.165) is 17.3 Å². The predicted molar refractivity (Wildman–Crippen MR) is 84.4 cm³/mol. The first-order chi connectivity index (χ1) is 9.99. The van der Waals surface area contributed by atoms with Crippen molar-refractivity contribution in [3.8, 4) is 5.75 Å². The third kappa shape index (κ3) is 4.09. The van der Waals surface area contributed by atoms with Gasteiger partial charge in [-0.25, -0.2) is 0 Å². The molecule has 0 radical (unpaired) electrons. The monoisotopic (exact) mass is 324 g/mol. The Kier molecular flexibility index (Phi) is 5.03.